The molecule has 1 unspecified atom stereocenters. The molecule has 0 aliphatic carbocycles. The van der Waals surface area contributed by atoms with Crippen LogP contribution in [0.4, 0.5) is 0 Å². The molecule has 6 heteroatoms. The molecule has 0 spiro atoms. The number of halogens is 1. The first kappa shape index (κ1) is 11.7. The van der Waals surface area contributed by atoms with Crippen LogP contribution in [0.25, 0.3) is 0 Å². The Bertz CT molecular complexity index is 270. The maximum absolute atomic E-state index is 10.8. The average molecular weight is 211 g/mol. The summed E-state index contributed by atoms with van der Waals surface area (Å²) < 4.78 is 22.6. The minimum Gasteiger partial charge on any atom is -0.198 e. The number of rotatable bonds is 4. The normalized spacial score (nSPS) is 14.2. The van der Waals surface area contributed by atoms with Gasteiger partial charge < -0.3 is 0 Å². The summed E-state index contributed by atoms with van der Waals surface area (Å²) >= 11 is 0. The van der Waals surface area contributed by atoms with Crippen LogP contribution in [0.15, 0.2) is 0 Å². The molecule has 0 radical (unpaired) electrons. The zero-order valence-electron chi connectivity index (χ0n) is 6.99. The van der Waals surface area contributed by atoms with Crippen LogP contribution in [-0.2, 0) is 9.24 Å². The molecule has 0 aromatic rings. The molecule has 0 N–H and O–H groups in total. The molecule has 12 heavy (non-hydrogen) atoms. The van der Waals surface area contributed by atoms with Gasteiger partial charge >= 0.3 is 0 Å². The van der Waals surface area contributed by atoms with E-state index >= 15 is 0 Å². The van der Waals surface area contributed by atoms with Gasteiger partial charge in [-0.05, 0) is 6.92 Å². The second-order valence-electron chi connectivity index (χ2n) is 2.42. The van der Waals surface area contributed by atoms with E-state index in [9.17, 15) is 8.42 Å². The Labute approximate surface area is 77.3 Å². The van der Waals surface area contributed by atoms with E-state index in [-0.39, 0.29) is 19.0 Å². The molecule has 0 aliphatic heterocycles. The molecule has 0 aliphatic rings. The maximum Gasteiger partial charge on any atom is 0.299 e. The van der Waals surface area contributed by atoms with Crippen LogP contribution in [0.3, 0.4) is 0 Å². The first-order valence-corrected chi connectivity index (χ1v) is 5.77. The number of nitrogens with zero attached hydrogens (tertiary/aromatic N) is 2. The van der Waals surface area contributed by atoms with Crippen LogP contribution < -0.4 is 0 Å². The molecule has 0 aromatic carbocycles. The van der Waals surface area contributed by atoms with Crippen LogP contribution in [0, 0.1) is 17.2 Å². The van der Waals surface area contributed by atoms with Crippen molar-refractivity contribution >= 4 is 19.9 Å². The standard InChI is InChI=1S/C6H11ClN2O2S/c1-3-9(12(7,10)11)5-6(2)4-8/h6H,3,5H2,1-2H3. The van der Waals surface area contributed by atoms with Gasteiger partial charge in [0, 0.05) is 23.8 Å². The second kappa shape index (κ2) is 4.65. The summed E-state index contributed by atoms with van der Waals surface area (Å²) in [6.07, 6.45) is 0. The van der Waals surface area contributed by atoms with Crippen molar-refractivity contribution < 1.29 is 8.42 Å². The highest BCUT2D eigenvalue weighted by Crippen LogP contribution is 2.08. The van der Waals surface area contributed by atoms with Gasteiger partial charge in [0.1, 0.15) is 0 Å². The largest absolute Gasteiger partial charge is 0.299 e. The van der Waals surface area contributed by atoms with Gasteiger partial charge in [0.25, 0.3) is 9.24 Å². The molecule has 0 saturated heterocycles. The van der Waals surface area contributed by atoms with E-state index < -0.39 is 9.24 Å². The lowest BCUT2D eigenvalue weighted by Gasteiger charge is -2.16. The molecule has 0 rings (SSSR count). The maximum atomic E-state index is 10.8. The Morgan fingerprint density at radius 2 is 2.17 bits per heavy atom. The highest BCUT2D eigenvalue weighted by molar-refractivity contribution is 8.11. The van der Waals surface area contributed by atoms with E-state index in [1.807, 2.05) is 6.07 Å². The molecule has 0 aromatic heterocycles. The summed E-state index contributed by atoms with van der Waals surface area (Å²) in [6, 6.07) is 1.94. The van der Waals surface area contributed by atoms with Gasteiger partial charge in [0.15, 0.2) is 0 Å². The number of nitriles is 1. The summed E-state index contributed by atoms with van der Waals surface area (Å²) in [4.78, 5) is 0. The predicted molar refractivity (Wildman–Crippen MR) is 46.8 cm³/mol. The van der Waals surface area contributed by atoms with Gasteiger partial charge in [-0.3, -0.25) is 0 Å². The Kier molecular flexibility index (Phi) is 4.53. The fourth-order valence-electron chi connectivity index (χ4n) is 0.719. The third-order valence-electron chi connectivity index (χ3n) is 1.36. The van der Waals surface area contributed by atoms with E-state index in [4.69, 9.17) is 15.9 Å². The summed E-state index contributed by atoms with van der Waals surface area (Å²) in [5.74, 6) is -0.335. The Morgan fingerprint density at radius 1 is 1.67 bits per heavy atom. The summed E-state index contributed by atoms with van der Waals surface area (Å²) in [5.41, 5.74) is 0. The van der Waals surface area contributed by atoms with Gasteiger partial charge in [-0.1, -0.05) is 6.92 Å². The number of hydrogen-bond donors (Lipinski definition) is 0. The molecular formula is C6H11ClN2O2S. The molecule has 0 bridgehead atoms. The van der Waals surface area contributed by atoms with Crippen LogP contribution in [0.2, 0.25) is 0 Å². The molecule has 4 nitrogen and oxygen atoms in total. The Morgan fingerprint density at radius 3 is 2.42 bits per heavy atom. The SMILES string of the molecule is CCN(CC(C)C#N)S(=O)(=O)Cl. The monoisotopic (exact) mass is 210 g/mol. The predicted octanol–water partition coefficient (Wildman–Crippen LogP) is 0.952. The lowest BCUT2D eigenvalue weighted by atomic mass is 10.2. The van der Waals surface area contributed by atoms with E-state index in [2.05, 4.69) is 0 Å². The highest BCUT2D eigenvalue weighted by Gasteiger charge is 2.18. The van der Waals surface area contributed by atoms with Crippen molar-refractivity contribution in [2.24, 2.45) is 5.92 Å². The molecule has 0 saturated carbocycles. The molecule has 0 amide bonds. The lowest BCUT2D eigenvalue weighted by molar-refractivity contribution is 0.409. The zero-order chi connectivity index (χ0) is 9.78. The molecule has 70 valence electrons. The Hall–Kier alpha value is -0.310. The third-order valence-corrected chi connectivity index (χ3v) is 2.97. The van der Waals surface area contributed by atoms with Gasteiger partial charge in [0.2, 0.25) is 0 Å². The fraction of sp³-hybridized carbons (Fsp3) is 0.833. The van der Waals surface area contributed by atoms with Crippen molar-refractivity contribution in [2.45, 2.75) is 13.8 Å². The summed E-state index contributed by atoms with van der Waals surface area (Å²) in [5, 5.41) is 8.43. The third kappa shape index (κ3) is 3.90. The first-order valence-electron chi connectivity index (χ1n) is 3.51. The average Bonchev–Trinajstić information content (AvgIpc) is 1.97. The van der Waals surface area contributed by atoms with E-state index in [1.165, 1.54) is 0 Å². The van der Waals surface area contributed by atoms with Crippen LogP contribution in [-0.4, -0.2) is 25.8 Å². The van der Waals surface area contributed by atoms with E-state index in [0.717, 1.165) is 4.31 Å². The van der Waals surface area contributed by atoms with Crippen molar-refractivity contribution in [1.82, 2.24) is 4.31 Å². The smallest absolute Gasteiger partial charge is 0.198 e. The summed E-state index contributed by atoms with van der Waals surface area (Å²) in [6.45, 7) is 3.76. The van der Waals surface area contributed by atoms with Crippen LogP contribution >= 0.6 is 10.7 Å². The highest BCUT2D eigenvalue weighted by atomic mass is 35.7. The van der Waals surface area contributed by atoms with Gasteiger partial charge in [-0.2, -0.15) is 18.0 Å². The van der Waals surface area contributed by atoms with Gasteiger partial charge in [0.05, 0.1) is 12.0 Å². The minimum absolute atomic E-state index is 0.152. The molecule has 0 fully saturated rings. The van der Waals surface area contributed by atoms with Crippen molar-refractivity contribution in [2.75, 3.05) is 13.1 Å². The minimum atomic E-state index is -3.67. The van der Waals surface area contributed by atoms with Gasteiger partial charge in [-0.15, -0.1) is 0 Å². The molecule has 1 atom stereocenters. The molecule has 0 heterocycles. The van der Waals surface area contributed by atoms with Crippen molar-refractivity contribution in [1.29, 1.82) is 5.26 Å². The zero-order valence-corrected chi connectivity index (χ0v) is 8.56. The molecular weight excluding hydrogens is 200 g/mol. The van der Waals surface area contributed by atoms with Crippen LogP contribution in [0.1, 0.15) is 13.8 Å². The Balaban J connectivity index is 4.32. The van der Waals surface area contributed by atoms with Crippen molar-refractivity contribution in [3.05, 3.63) is 0 Å². The van der Waals surface area contributed by atoms with Crippen molar-refractivity contribution in [3.8, 4) is 6.07 Å². The topological polar surface area (TPSA) is 61.2 Å². The van der Waals surface area contributed by atoms with E-state index in [1.54, 1.807) is 13.8 Å². The number of hydrogen-bond acceptors (Lipinski definition) is 3. The van der Waals surface area contributed by atoms with Gasteiger partial charge in [-0.25, -0.2) is 0 Å². The fourth-order valence-corrected chi connectivity index (χ4v) is 1.89. The lowest BCUT2D eigenvalue weighted by Crippen LogP contribution is -2.30. The second-order valence-corrected chi connectivity index (χ2v) is 4.93. The van der Waals surface area contributed by atoms with E-state index in [0.29, 0.717) is 0 Å². The first-order chi connectivity index (χ1) is 5.41. The van der Waals surface area contributed by atoms with Crippen molar-refractivity contribution in [3.63, 3.8) is 0 Å². The van der Waals surface area contributed by atoms with Crippen LogP contribution in [0.5, 0.6) is 0 Å². The quantitative estimate of drug-likeness (QED) is 0.650. The summed E-state index contributed by atoms with van der Waals surface area (Å²) in [7, 11) is 1.42.